The fourth-order valence-electron chi connectivity index (χ4n) is 1.17. The molecule has 0 aliphatic rings. The summed E-state index contributed by atoms with van der Waals surface area (Å²) in [6.45, 7) is 3.84. The van der Waals surface area contributed by atoms with E-state index in [-0.39, 0.29) is 17.3 Å². The van der Waals surface area contributed by atoms with E-state index in [1.807, 2.05) is 13.8 Å². The molecule has 2 unspecified atom stereocenters. The van der Waals surface area contributed by atoms with E-state index in [0.29, 0.717) is 5.69 Å². The third-order valence-electron chi connectivity index (χ3n) is 1.72. The first kappa shape index (κ1) is 11.5. The lowest BCUT2D eigenvalue weighted by Gasteiger charge is -2.13. The molecule has 1 rings (SSSR count). The molecule has 0 aliphatic carbocycles. The Hall–Kier alpha value is -0.610. The second kappa shape index (κ2) is 5.32. The molecule has 2 atom stereocenters. The van der Waals surface area contributed by atoms with E-state index in [2.05, 4.69) is 10.3 Å². The Morgan fingerprint density at radius 2 is 2.43 bits per heavy atom. The van der Waals surface area contributed by atoms with Crippen LogP contribution in [0.3, 0.4) is 0 Å². The molecule has 0 bridgehead atoms. The number of carbonyl (C=O) groups excluding carboxylic acids is 1. The molecule has 78 valence electrons. The van der Waals surface area contributed by atoms with Crippen LogP contribution >= 0.6 is 22.9 Å². The Kier molecular flexibility index (Phi) is 4.35. The molecule has 1 heterocycles. The Morgan fingerprint density at radius 3 is 2.93 bits per heavy atom. The van der Waals surface area contributed by atoms with Crippen LogP contribution in [-0.2, 0) is 0 Å². The maximum atomic E-state index is 11.5. The number of nitrogens with one attached hydrogen (secondary N) is 1. The number of thiazole rings is 1. The highest BCUT2D eigenvalue weighted by Crippen LogP contribution is 2.06. The molecule has 0 saturated heterocycles. The van der Waals surface area contributed by atoms with Crippen LogP contribution in [0.25, 0.3) is 0 Å². The van der Waals surface area contributed by atoms with Crippen LogP contribution < -0.4 is 5.32 Å². The molecule has 0 radical (unpaired) electrons. The number of alkyl halides is 1. The average molecular weight is 233 g/mol. The van der Waals surface area contributed by atoms with Gasteiger partial charge in [-0.15, -0.1) is 22.9 Å². The number of aromatic nitrogens is 1. The number of hydrogen-bond acceptors (Lipinski definition) is 3. The number of nitrogens with zero attached hydrogens (tertiary/aromatic N) is 1. The summed E-state index contributed by atoms with van der Waals surface area (Å²) in [5, 5.41) is 4.63. The van der Waals surface area contributed by atoms with Gasteiger partial charge in [0.1, 0.15) is 5.69 Å². The second-order valence-electron chi connectivity index (χ2n) is 3.26. The lowest BCUT2D eigenvalue weighted by Crippen LogP contribution is -2.34. The highest BCUT2D eigenvalue weighted by atomic mass is 35.5. The smallest absolute Gasteiger partial charge is 0.270 e. The number of amides is 1. The van der Waals surface area contributed by atoms with Gasteiger partial charge in [-0.05, 0) is 20.3 Å². The van der Waals surface area contributed by atoms with E-state index >= 15 is 0 Å². The van der Waals surface area contributed by atoms with Crippen molar-refractivity contribution in [2.45, 2.75) is 31.7 Å². The van der Waals surface area contributed by atoms with Crippen molar-refractivity contribution in [1.29, 1.82) is 0 Å². The van der Waals surface area contributed by atoms with Crippen LogP contribution in [-0.4, -0.2) is 22.3 Å². The van der Waals surface area contributed by atoms with Gasteiger partial charge in [0.2, 0.25) is 0 Å². The quantitative estimate of drug-likeness (QED) is 0.810. The summed E-state index contributed by atoms with van der Waals surface area (Å²) >= 11 is 7.23. The number of hydrogen-bond donors (Lipinski definition) is 1. The van der Waals surface area contributed by atoms with Crippen molar-refractivity contribution >= 4 is 28.8 Å². The van der Waals surface area contributed by atoms with Crippen LogP contribution in [0.5, 0.6) is 0 Å². The van der Waals surface area contributed by atoms with E-state index in [4.69, 9.17) is 11.6 Å². The van der Waals surface area contributed by atoms with Crippen LogP contribution in [0.4, 0.5) is 0 Å². The highest BCUT2D eigenvalue weighted by molar-refractivity contribution is 7.07. The lowest BCUT2D eigenvalue weighted by molar-refractivity contribution is 0.0934. The highest BCUT2D eigenvalue weighted by Gasteiger charge is 2.12. The maximum Gasteiger partial charge on any atom is 0.270 e. The number of halogens is 1. The summed E-state index contributed by atoms with van der Waals surface area (Å²) in [7, 11) is 0. The van der Waals surface area contributed by atoms with Crippen LogP contribution in [0, 0.1) is 0 Å². The summed E-state index contributed by atoms with van der Waals surface area (Å²) in [5.41, 5.74) is 2.12. The Balaban J connectivity index is 2.41. The molecule has 0 aliphatic heterocycles. The molecule has 14 heavy (non-hydrogen) atoms. The first-order valence-corrected chi connectivity index (χ1v) is 5.80. The van der Waals surface area contributed by atoms with Crippen LogP contribution in [0.15, 0.2) is 10.9 Å². The van der Waals surface area contributed by atoms with Gasteiger partial charge in [0.05, 0.1) is 5.51 Å². The van der Waals surface area contributed by atoms with E-state index in [1.165, 1.54) is 11.3 Å². The van der Waals surface area contributed by atoms with E-state index in [1.54, 1.807) is 10.9 Å². The van der Waals surface area contributed by atoms with Crippen molar-refractivity contribution in [3.05, 3.63) is 16.6 Å². The lowest BCUT2D eigenvalue weighted by atomic mass is 10.2. The maximum absolute atomic E-state index is 11.5. The molecule has 0 aromatic carbocycles. The van der Waals surface area contributed by atoms with Crippen molar-refractivity contribution in [1.82, 2.24) is 10.3 Å². The standard InChI is InChI=1S/C9H13ClN2OS/c1-6(10)3-7(2)12-9(13)8-4-14-5-11-8/h4-7H,3H2,1-2H3,(H,12,13). The second-order valence-corrected chi connectivity index (χ2v) is 4.73. The Labute approximate surface area is 92.5 Å². The fraction of sp³-hybridized carbons (Fsp3) is 0.556. The zero-order chi connectivity index (χ0) is 10.6. The Morgan fingerprint density at radius 1 is 1.71 bits per heavy atom. The van der Waals surface area contributed by atoms with E-state index in [9.17, 15) is 4.79 Å². The number of carbonyl (C=O) groups is 1. The van der Waals surface area contributed by atoms with E-state index < -0.39 is 0 Å². The van der Waals surface area contributed by atoms with Gasteiger partial charge < -0.3 is 5.32 Å². The van der Waals surface area contributed by atoms with Crippen molar-refractivity contribution in [2.75, 3.05) is 0 Å². The minimum atomic E-state index is -0.129. The van der Waals surface area contributed by atoms with Crippen molar-refractivity contribution < 1.29 is 4.79 Å². The van der Waals surface area contributed by atoms with Gasteiger partial charge in [-0.1, -0.05) is 0 Å². The zero-order valence-electron chi connectivity index (χ0n) is 8.16. The summed E-state index contributed by atoms with van der Waals surface area (Å²) in [6.07, 6.45) is 0.761. The zero-order valence-corrected chi connectivity index (χ0v) is 9.73. The average Bonchev–Trinajstić information content (AvgIpc) is 2.53. The summed E-state index contributed by atoms with van der Waals surface area (Å²) in [4.78, 5) is 15.4. The predicted octanol–water partition coefficient (Wildman–Crippen LogP) is 2.28. The summed E-state index contributed by atoms with van der Waals surface area (Å²) in [5.74, 6) is -0.129. The summed E-state index contributed by atoms with van der Waals surface area (Å²) in [6, 6.07) is 0.0803. The topological polar surface area (TPSA) is 42.0 Å². The third-order valence-corrected chi connectivity index (χ3v) is 2.49. The normalized spacial score (nSPS) is 14.8. The van der Waals surface area contributed by atoms with Gasteiger partial charge in [-0.25, -0.2) is 4.98 Å². The van der Waals surface area contributed by atoms with Gasteiger partial charge >= 0.3 is 0 Å². The SMILES string of the molecule is CC(Cl)CC(C)NC(=O)c1cscn1. The molecule has 1 N–H and O–H groups in total. The molecular weight excluding hydrogens is 220 g/mol. The molecule has 1 aromatic heterocycles. The molecule has 5 heteroatoms. The minimum absolute atomic E-state index is 0.0701. The Bertz CT molecular complexity index is 287. The molecule has 0 fully saturated rings. The van der Waals surface area contributed by atoms with E-state index in [0.717, 1.165) is 6.42 Å². The fourth-order valence-corrected chi connectivity index (χ4v) is 1.97. The minimum Gasteiger partial charge on any atom is -0.348 e. The van der Waals surface area contributed by atoms with Crippen LogP contribution in [0.1, 0.15) is 30.8 Å². The predicted molar refractivity (Wildman–Crippen MR) is 59.0 cm³/mol. The first-order chi connectivity index (χ1) is 6.59. The molecule has 1 aromatic rings. The third kappa shape index (κ3) is 3.64. The van der Waals surface area contributed by atoms with Crippen molar-refractivity contribution in [2.24, 2.45) is 0 Å². The molecular formula is C9H13ClN2OS. The van der Waals surface area contributed by atoms with Crippen LogP contribution in [0.2, 0.25) is 0 Å². The molecule has 0 saturated carbocycles. The number of rotatable bonds is 4. The van der Waals surface area contributed by atoms with Gasteiger partial charge in [-0.3, -0.25) is 4.79 Å². The van der Waals surface area contributed by atoms with Gasteiger partial charge in [-0.2, -0.15) is 0 Å². The van der Waals surface area contributed by atoms with Gasteiger partial charge in [0.25, 0.3) is 5.91 Å². The largest absolute Gasteiger partial charge is 0.348 e. The van der Waals surface area contributed by atoms with Crippen molar-refractivity contribution in [3.8, 4) is 0 Å². The molecule has 0 spiro atoms. The van der Waals surface area contributed by atoms with Crippen molar-refractivity contribution in [3.63, 3.8) is 0 Å². The monoisotopic (exact) mass is 232 g/mol. The molecule has 3 nitrogen and oxygen atoms in total. The van der Waals surface area contributed by atoms with Gasteiger partial charge in [0, 0.05) is 16.8 Å². The molecule has 1 amide bonds. The summed E-state index contributed by atoms with van der Waals surface area (Å²) < 4.78 is 0. The first-order valence-electron chi connectivity index (χ1n) is 4.42. The van der Waals surface area contributed by atoms with Gasteiger partial charge in [0.15, 0.2) is 0 Å².